The van der Waals surface area contributed by atoms with Crippen LogP contribution >= 0.6 is 0 Å². The van der Waals surface area contributed by atoms with E-state index in [9.17, 15) is 29.7 Å². The van der Waals surface area contributed by atoms with Crippen LogP contribution in [0.3, 0.4) is 0 Å². The highest BCUT2D eigenvalue weighted by molar-refractivity contribution is 5.83. The fourth-order valence-electron chi connectivity index (χ4n) is 10.8. The van der Waals surface area contributed by atoms with E-state index in [-0.39, 0.29) is 19.4 Å². The highest BCUT2D eigenvalue weighted by Gasteiger charge is 2.82. The summed E-state index contributed by atoms with van der Waals surface area (Å²) < 4.78 is 17.0. The van der Waals surface area contributed by atoms with Crippen LogP contribution in [0.15, 0.2) is 24.3 Å². The maximum absolute atomic E-state index is 14.3. The van der Waals surface area contributed by atoms with Crippen molar-refractivity contribution in [3.8, 4) is 0 Å². The zero-order valence-electron chi connectivity index (χ0n) is 25.2. The Balaban J connectivity index is 1.81. The molecule has 5 aliphatic rings. The van der Waals surface area contributed by atoms with Crippen molar-refractivity contribution in [3.63, 3.8) is 0 Å². The van der Waals surface area contributed by atoms with Crippen LogP contribution in [0.1, 0.15) is 79.6 Å². The van der Waals surface area contributed by atoms with Gasteiger partial charge in [0.1, 0.15) is 24.2 Å². The molecule has 228 valence electrons. The standard InChI is InChI=1S/C32H46O9/c1-18-10-11-27(4)12-14-29(6)24-23(41-20(3)34)25(36)30(19(2)33)17-40-22(35)9-8-21(30)28(24,5)13-15-31(29,26(37)39-7)32(27,38)16-18/h8-9,19,21,23-25,33,36,38H,1,10-17H2,2-7H3/t19?,21-,23-,24-,25-,27+,28-,29+,30+,31-,32-/m0/s1. The van der Waals surface area contributed by atoms with Gasteiger partial charge in [0.15, 0.2) is 0 Å². The number of carbonyl (C=O) groups is 3. The molecule has 0 aromatic carbocycles. The van der Waals surface area contributed by atoms with Crippen LogP contribution in [0.5, 0.6) is 0 Å². The van der Waals surface area contributed by atoms with Gasteiger partial charge < -0.3 is 29.5 Å². The minimum atomic E-state index is -1.49. The fraction of sp³-hybridized carbons (Fsp3) is 0.781. The summed E-state index contributed by atoms with van der Waals surface area (Å²) in [6.45, 7) is 12.8. The molecular weight excluding hydrogens is 528 g/mol. The molecule has 9 heteroatoms. The van der Waals surface area contributed by atoms with Crippen molar-refractivity contribution < 1.29 is 43.9 Å². The molecule has 0 saturated heterocycles. The molecule has 0 spiro atoms. The third-order valence-corrected chi connectivity index (χ3v) is 12.8. The van der Waals surface area contributed by atoms with Gasteiger partial charge in [0.2, 0.25) is 0 Å². The third-order valence-electron chi connectivity index (χ3n) is 12.8. The average molecular weight is 575 g/mol. The van der Waals surface area contributed by atoms with Crippen LogP contribution in [0.25, 0.3) is 0 Å². The molecule has 4 aliphatic carbocycles. The van der Waals surface area contributed by atoms with Crippen LogP contribution < -0.4 is 0 Å². The first-order valence-electron chi connectivity index (χ1n) is 14.9. The topological polar surface area (TPSA) is 140 Å². The molecule has 1 aliphatic heterocycles. The molecule has 9 nitrogen and oxygen atoms in total. The number of rotatable bonds is 3. The zero-order chi connectivity index (χ0) is 30.4. The summed E-state index contributed by atoms with van der Waals surface area (Å²) in [5, 5.41) is 36.4. The summed E-state index contributed by atoms with van der Waals surface area (Å²) in [5.74, 6) is -2.90. The predicted octanol–water partition coefficient (Wildman–Crippen LogP) is 3.24. The number of aliphatic hydroxyl groups is 3. The van der Waals surface area contributed by atoms with Crippen LogP contribution in [0.4, 0.5) is 0 Å². The van der Waals surface area contributed by atoms with Gasteiger partial charge in [-0.3, -0.25) is 9.59 Å². The molecule has 0 aromatic heterocycles. The van der Waals surface area contributed by atoms with E-state index in [1.54, 1.807) is 13.0 Å². The van der Waals surface area contributed by atoms with E-state index in [0.29, 0.717) is 25.7 Å². The summed E-state index contributed by atoms with van der Waals surface area (Å²) >= 11 is 0. The van der Waals surface area contributed by atoms with Crippen molar-refractivity contribution in [2.75, 3.05) is 13.7 Å². The Morgan fingerprint density at radius 1 is 1.15 bits per heavy atom. The summed E-state index contributed by atoms with van der Waals surface area (Å²) in [6, 6.07) is 0. The number of allylic oxidation sites excluding steroid dienone is 1. The summed E-state index contributed by atoms with van der Waals surface area (Å²) in [6.07, 6.45) is 2.86. The second kappa shape index (κ2) is 9.38. The number of carbonyl (C=O) groups excluding carboxylic acids is 3. The highest BCUT2D eigenvalue weighted by atomic mass is 16.6. The predicted molar refractivity (Wildman–Crippen MR) is 148 cm³/mol. The summed E-state index contributed by atoms with van der Waals surface area (Å²) in [7, 11) is 1.34. The SMILES string of the molecule is C=C1CC[C@]2(C)CC[C@]3(C)[C@H]4[C@H](OC(C)=O)[C@H](O)[C@@]5(C(C)O)COC(=O)C=C[C@H]5[C@]4(C)CC[C@@]3(C(=O)OC)[C@]2(O)C1. The average Bonchev–Trinajstić information content (AvgIpc) is 3.08. The molecule has 4 saturated carbocycles. The monoisotopic (exact) mass is 574 g/mol. The number of hydrogen-bond donors (Lipinski definition) is 3. The van der Waals surface area contributed by atoms with Crippen molar-refractivity contribution >= 4 is 17.9 Å². The lowest BCUT2D eigenvalue weighted by atomic mass is 9.29. The number of ether oxygens (including phenoxy) is 3. The highest BCUT2D eigenvalue weighted by Crippen LogP contribution is 2.78. The molecule has 11 atom stereocenters. The normalized spacial score (nSPS) is 49.7. The Morgan fingerprint density at radius 2 is 1.83 bits per heavy atom. The molecule has 5 rings (SSSR count). The van der Waals surface area contributed by atoms with E-state index in [2.05, 4.69) is 6.58 Å². The van der Waals surface area contributed by atoms with Gasteiger partial charge in [-0.1, -0.05) is 39.0 Å². The fourth-order valence-corrected chi connectivity index (χ4v) is 10.8. The van der Waals surface area contributed by atoms with Crippen LogP contribution in [-0.2, 0) is 28.6 Å². The maximum atomic E-state index is 14.3. The first kappa shape index (κ1) is 30.2. The minimum Gasteiger partial charge on any atom is -0.468 e. The Morgan fingerprint density at radius 3 is 2.44 bits per heavy atom. The molecule has 0 amide bonds. The van der Waals surface area contributed by atoms with E-state index in [0.717, 1.165) is 12.0 Å². The van der Waals surface area contributed by atoms with E-state index in [1.807, 2.05) is 20.8 Å². The number of aliphatic hydroxyl groups excluding tert-OH is 2. The molecule has 4 fully saturated rings. The number of esters is 3. The smallest absolute Gasteiger partial charge is 0.330 e. The van der Waals surface area contributed by atoms with Gasteiger partial charge in [-0.05, 0) is 74.0 Å². The maximum Gasteiger partial charge on any atom is 0.330 e. The van der Waals surface area contributed by atoms with Crippen molar-refractivity contribution in [3.05, 3.63) is 24.3 Å². The summed E-state index contributed by atoms with van der Waals surface area (Å²) in [5.41, 5.74) is -5.72. The first-order valence-corrected chi connectivity index (χ1v) is 14.9. The van der Waals surface area contributed by atoms with E-state index >= 15 is 0 Å². The number of fused-ring (bicyclic) bond motifs is 7. The number of methoxy groups -OCH3 is 1. The van der Waals surface area contributed by atoms with E-state index in [4.69, 9.17) is 14.2 Å². The largest absolute Gasteiger partial charge is 0.468 e. The molecule has 0 bridgehead atoms. The Bertz CT molecular complexity index is 1190. The quantitative estimate of drug-likeness (QED) is 0.263. The molecular formula is C32H46O9. The van der Waals surface area contributed by atoms with Crippen LogP contribution in [0, 0.1) is 38.9 Å². The Kier molecular flexibility index (Phi) is 6.92. The van der Waals surface area contributed by atoms with Gasteiger partial charge in [-0.15, -0.1) is 0 Å². The van der Waals surface area contributed by atoms with Crippen molar-refractivity contribution in [1.29, 1.82) is 0 Å². The van der Waals surface area contributed by atoms with Crippen molar-refractivity contribution in [2.24, 2.45) is 38.9 Å². The Labute approximate surface area is 242 Å². The van der Waals surface area contributed by atoms with Gasteiger partial charge in [0, 0.05) is 18.9 Å². The lowest BCUT2D eigenvalue weighted by molar-refractivity contribution is -0.337. The van der Waals surface area contributed by atoms with E-state index in [1.165, 1.54) is 20.1 Å². The molecule has 1 heterocycles. The Hall–Kier alpha value is -2.23. The molecule has 41 heavy (non-hydrogen) atoms. The second-order valence-electron chi connectivity index (χ2n) is 14.4. The zero-order valence-corrected chi connectivity index (χ0v) is 25.2. The van der Waals surface area contributed by atoms with E-state index < -0.39 is 80.7 Å². The minimum absolute atomic E-state index is 0.252. The van der Waals surface area contributed by atoms with Gasteiger partial charge in [-0.2, -0.15) is 0 Å². The lowest BCUT2D eigenvalue weighted by Gasteiger charge is -2.75. The lowest BCUT2D eigenvalue weighted by Crippen LogP contribution is -2.80. The molecule has 1 unspecified atom stereocenters. The third kappa shape index (κ3) is 3.54. The first-order chi connectivity index (χ1) is 19.0. The van der Waals surface area contributed by atoms with Crippen LogP contribution in [0.2, 0.25) is 0 Å². The van der Waals surface area contributed by atoms with Gasteiger partial charge in [0.25, 0.3) is 0 Å². The van der Waals surface area contributed by atoms with Gasteiger partial charge in [-0.25, -0.2) is 4.79 Å². The summed E-state index contributed by atoms with van der Waals surface area (Å²) in [4.78, 5) is 39.4. The second-order valence-corrected chi connectivity index (χ2v) is 14.4. The van der Waals surface area contributed by atoms with Crippen LogP contribution in [-0.4, -0.2) is 70.9 Å². The van der Waals surface area contributed by atoms with Gasteiger partial charge >= 0.3 is 17.9 Å². The number of cyclic esters (lactones) is 1. The molecule has 0 aromatic rings. The van der Waals surface area contributed by atoms with Crippen molar-refractivity contribution in [1.82, 2.24) is 0 Å². The van der Waals surface area contributed by atoms with Gasteiger partial charge in [0.05, 0.1) is 24.2 Å². The molecule has 0 radical (unpaired) electrons. The van der Waals surface area contributed by atoms with Crippen molar-refractivity contribution in [2.45, 2.75) is 103 Å². The number of hydrogen-bond acceptors (Lipinski definition) is 9. The molecule has 3 N–H and O–H groups in total.